The Bertz CT molecular complexity index is 269. The fraction of sp³-hybridized carbons (Fsp3) is 0.417. The minimum absolute atomic E-state index is 0.0997. The lowest BCUT2D eigenvalue weighted by molar-refractivity contribution is -0.115. The van der Waals surface area contributed by atoms with Gasteiger partial charge >= 0.3 is 0 Å². The lowest BCUT2D eigenvalue weighted by Crippen LogP contribution is -2.14. The van der Waals surface area contributed by atoms with Crippen LogP contribution in [0.15, 0.2) is 30.3 Å². The summed E-state index contributed by atoms with van der Waals surface area (Å²) in [5, 5.41) is 0. The minimum Gasteiger partial charge on any atom is -0.373 e. The van der Waals surface area contributed by atoms with Gasteiger partial charge < -0.3 is 9.53 Å². The molecule has 2 nitrogen and oxygen atoms in total. The Balaban J connectivity index is 2.82. The molecular weight excluding hydrogens is 176 g/mol. The second-order valence-corrected chi connectivity index (χ2v) is 3.28. The first-order valence-corrected chi connectivity index (χ1v) is 4.91. The molecule has 0 heterocycles. The zero-order valence-electron chi connectivity index (χ0n) is 8.64. The lowest BCUT2D eigenvalue weighted by atomic mass is 9.98. The van der Waals surface area contributed by atoms with E-state index in [2.05, 4.69) is 0 Å². The molecule has 2 unspecified atom stereocenters. The maximum Gasteiger partial charge on any atom is 0.125 e. The highest BCUT2D eigenvalue weighted by Crippen LogP contribution is 2.24. The van der Waals surface area contributed by atoms with Gasteiger partial charge in [-0.25, -0.2) is 0 Å². The zero-order chi connectivity index (χ0) is 10.4. The lowest BCUT2D eigenvalue weighted by Gasteiger charge is -2.20. The van der Waals surface area contributed by atoms with Crippen LogP contribution in [0.25, 0.3) is 0 Å². The Morgan fingerprint density at radius 2 is 2.00 bits per heavy atom. The first-order valence-electron chi connectivity index (χ1n) is 4.91. The Morgan fingerprint density at radius 1 is 1.36 bits per heavy atom. The molecule has 0 spiro atoms. The number of ether oxygens (including phenoxy) is 1. The molecule has 0 aromatic heterocycles. The molecule has 0 fully saturated rings. The maximum atomic E-state index is 10.7. The van der Waals surface area contributed by atoms with Crippen LogP contribution in [-0.2, 0) is 9.53 Å². The van der Waals surface area contributed by atoms with Gasteiger partial charge in [0.05, 0.1) is 6.10 Å². The summed E-state index contributed by atoms with van der Waals surface area (Å²) in [5.74, 6) is -0.0997. The minimum atomic E-state index is -0.112. The summed E-state index contributed by atoms with van der Waals surface area (Å²) in [7, 11) is 0. The molecule has 2 atom stereocenters. The fourth-order valence-electron chi connectivity index (χ4n) is 1.45. The molecule has 0 aliphatic heterocycles. The molecule has 2 heteroatoms. The molecule has 76 valence electrons. The smallest absolute Gasteiger partial charge is 0.125 e. The summed E-state index contributed by atoms with van der Waals surface area (Å²) in [6, 6.07) is 9.84. The molecule has 0 bridgehead atoms. The second-order valence-electron chi connectivity index (χ2n) is 3.28. The maximum absolute atomic E-state index is 10.7. The summed E-state index contributed by atoms with van der Waals surface area (Å²) in [5.41, 5.74) is 1.06. The third kappa shape index (κ3) is 2.67. The molecule has 0 N–H and O–H groups in total. The van der Waals surface area contributed by atoms with Crippen LogP contribution >= 0.6 is 0 Å². The van der Waals surface area contributed by atoms with E-state index in [0.717, 1.165) is 11.8 Å². The van der Waals surface area contributed by atoms with E-state index < -0.39 is 0 Å². The monoisotopic (exact) mass is 192 g/mol. The van der Waals surface area contributed by atoms with E-state index in [-0.39, 0.29) is 12.0 Å². The van der Waals surface area contributed by atoms with E-state index >= 15 is 0 Å². The predicted octanol–water partition coefficient (Wildman–Crippen LogP) is 2.60. The number of benzene rings is 1. The van der Waals surface area contributed by atoms with Gasteiger partial charge in [-0.05, 0) is 12.5 Å². The number of hydrogen-bond donors (Lipinski definition) is 0. The molecule has 0 aliphatic carbocycles. The number of hydrogen-bond acceptors (Lipinski definition) is 2. The van der Waals surface area contributed by atoms with Crippen LogP contribution in [0.3, 0.4) is 0 Å². The average Bonchev–Trinajstić information content (AvgIpc) is 2.26. The van der Waals surface area contributed by atoms with Gasteiger partial charge in [0.15, 0.2) is 0 Å². The molecular formula is C12H16O2. The van der Waals surface area contributed by atoms with Crippen LogP contribution in [0.2, 0.25) is 0 Å². The van der Waals surface area contributed by atoms with E-state index in [1.54, 1.807) is 0 Å². The molecule has 0 saturated heterocycles. The van der Waals surface area contributed by atoms with Crippen molar-refractivity contribution < 1.29 is 9.53 Å². The summed E-state index contributed by atoms with van der Waals surface area (Å²) in [4.78, 5) is 10.7. The second kappa shape index (κ2) is 5.55. The number of carbonyl (C=O) groups is 1. The van der Waals surface area contributed by atoms with Crippen molar-refractivity contribution in [1.82, 2.24) is 0 Å². The highest BCUT2D eigenvalue weighted by Gasteiger charge is 2.18. The Morgan fingerprint density at radius 3 is 2.50 bits per heavy atom. The molecule has 1 aromatic rings. The molecule has 0 radical (unpaired) electrons. The van der Waals surface area contributed by atoms with E-state index in [0.29, 0.717) is 6.61 Å². The molecule has 1 rings (SSSR count). The predicted molar refractivity (Wildman–Crippen MR) is 56.0 cm³/mol. The van der Waals surface area contributed by atoms with Crippen LogP contribution in [0.1, 0.15) is 25.5 Å². The third-order valence-electron chi connectivity index (χ3n) is 2.17. The highest BCUT2D eigenvalue weighted by molar-refractivity contribution is 5.54. The zero-order valence-corrected chi connectivity index (χ0v) is 8.64. The fourth-order valence-corrected chi connectivity index (χ4v) is 1.45. The van der Waals surface area contributed by atoms with E-state index in [1.807, 2.05) is 44.2 Å². The van der Waals surface area contributed by atoms with Gasteiger partial charge in [-0.3, -0.25) is 0 Å². The largest absolute Gasteiger partial charge is 0.373 e. The van der Waals surface area contributed by atoms with Gasteiger partial charge in [0.25, 0.3) is 0 Å². The van der Waals surface area contributed by atoms with Crippen molar-refractivity contribution in [3.8, 4) is 0 Å². The van der Waals surface area contributed by atoms with E-state index in [9.17, 15) is 4.79 Å². The SMILES string of the molecule is CCOC(c1ccccc1)C(C)C=O. The summed E-state index contributed by atoms with van der Waals surface area (Å²) in [6.07, 6.45) is 0.826. The standard InChI is InChI=1S/C12H16O2/c1-3-14-12(10(2)9-13)11-7-5-4-6-8-11/h4-10,12H,3H2,1-2H3. The number of carbonyl (C=O) groups excluding carboxylic acids is 1. The van der Waals surface area contributed by atoms with Crippen molar-refractivity contribution in [3.63, 3.8) is 0 Å². The van der Waals surface area contributed by atoms with Gasteiger partial charge in [-0.1, -0.05) is 37.3 Å². The number of rotatable bonds is 5. The van der Waals surface area contributed by atoms with E-state index in [1.165, 1.54) is 0 Å². The number of aldehydes is 1. The van der Waals surface area contributed by atoms with Gasteiger partial charge in [-0.2, -0.15) is 0 Å². The van der Waals surface area contributed by atoms with Gasteiger partial charge in [0, 0.05) is 12.5 Å². The van der Waals surface area contributed by atoms with Crippen molar-refractivity contribution in [1.29, 1.82) is 0 Å². The van der Waals surface area contributed by atoms with Gasteiger partial charge in [-0.15, -0.1) is 0 Å². The van der Waals surface area contributed by atoms with Crippen molar-refractivity contribution in [2.24, 2.45) is 5.92 Å². The van der Waals surface area contributed by atoms with Crippen LogP contribution < -0.4 is 0 Å². The Hall–Kier alpha value is -1.15. The van der Waals surface area contributed by atoms with Gasteiger partial charge in [0.1, 0.15) is 6.29 Å². The summed E-state index contributed by atoms with van der Waals surface area (Å²) < 4.78 is 5.55. The molecule has 0 aliphatic rings. The quantitative estimate of drug-likeness (QED) is 0.670. The molecule has 1 aromatic carbocycles. The van der Waals surface area contributed by atoms with E-state index in [4.69, 9.17) is 4.74 Å². The first kappa shape index (κ1) is 10.9. The Labute approximate surface area is 84.9 Å². The third-order valence-corrected chi connectivity index (χ3v) is 2.17. The van der Waals surface area contributed by atoms with Crippen LogP contribution in [-0.4, -0.2) is 12.9 Å². The summed E-state index contributed by atoms with van der Waals surface area (Å²) >= 11 is 0. The topological polar surface area (TPSA) is 26.3 Å². The normalized spacial score (nSPS) is 14.7. The van der Waals surface area contributed by atoms with Crippen LogP contribution in [0, 0.1) is 5.92 Å². The van der Waals surface area contributed by atoms with Gasteiger partial charge in [0.2, 0.25) is 0 Å². The van der Waals surface area contributed by atoms with Crippen molar-refractivity contribution in [2.45, 2.75) is 20.0 Å². The molecule has 0 amide bonds. The molecule has 14 heavy (non-hydrogen) atoms. The summed E-state index contributed by atoms with van der Waals surface area (Å²) in [6.45, 7) is 4.44. The van der Waals surface area contributed by atoms with Crippen molar-refractivity contribution in [3.05, 3.63) is 35.9 Å². The highest BCUT2D eigenvalue weighted by atomic mass is 16.5. The first-order chi connectivity index (χ1) is 6.79. The van der Waals surface area contributed by atoms with Crippen molar-refractivity contribution in [2.75, 3.05) is 6.61 Å². The Kier molecular flexibility index (Phi) is 4.33. The molecule has 0 saturated carbocycles. The van der Waals surface area contributed by atoms with Crippen LogP contribution in [0.5, 0.6) is 0 Å². The van der Waals surface area contributed by atoms with Crippen molar-refractivity contribution >= 4 is 6.29 Å². The average molecular weight is 192 g/mol. The van der Waals surface area contributed by atoms with Crippen LogP contribution in [0.4, 0.5) is 0 Å².